The van der Waals surface area contributed by atoms with Crippen LogP contribution in [0.5, 0.6) is 11.5 Å². The van der Waals surface area contributed by atoms with Gasteiger partial charge in [0.15, 0.2) is 23.1 Å². The average molecular weight is 278 g/mol. The van der Waals surface area contributed by atoms with Gasteiger partial charge in [0.25, 0.3) is 0 Å². The van der Waals surface area contributed by atoms with Gasteiger partial charge in [-0.1, -0.05) is 19.8 Å². The number of carbonyl (C=O) groups excluding carboxylic acids is 1. The lowest BCUT2D eigenvalue weighted by atomic mass is 10.1. The molecule has 0 saturated carbocycles. The second kappa shape index (κ2) is 6.31. The zero-order chi connectivity index (χ0) is 14.6. The maximum absolute atomic E-state index is 13.3. The minimum Gasteiger partial charge on any atom is -0.504 e. The summed E-state index contributed by atoms with van der Waals surface area (Å²) in [6, 6.07) is 0. The highest BCUT2D eigenvalue weighted by Gasteiger charge is 2.29. The summed E-state index contributed by atoms with van der Waals surface area (Å²) in [5.41, 5.74) is -1.21. The van der Waals surface area contributed by atoms with Crippen LogP contribution < -0.4 is 0 Å². The molecule has 4 nitrogen and oxygen atoms in total. The average Bonchev–Trinajstić information content (AvgIpc) is 2.39. The quantitative estimate of drug-likeness (QED) is 0.376. The largest absolute Gasteiger partial charge is 0.504 e. The van der Waals surface area contributed by atoms with Crippen LogP contribution in [0.2, 0.25) is 0 Å². The molecule has 1 aromatic rings. The highest BCUT2D eigenvalue weighted by molar-refractivity contribution is 5.93. The molecule has 0 radical (unpaired) electrons. The van der Waals surface area contributed by atoms with Gasteiger partial charge in [-0.2, -0.15) is 4.39 Å². The Balaban J connectivity index is 2.97. The van der Waals surface area contributed by atoms with Gasteiger partial charge in [-0.25, -0.2) is 13.6 Å². The third kappa shape index (κ3) is 3.10. The monoisotopic (exact) mass is 278 g/mol. The fourth-order valence-electron chi connectivity index (χ4n) is 1.41. The molecule has 0 atom stereocenters. The van der Waals surface area contributed by atoms with Crippen molar-refractivity contribution in [1.29, 1.82) is 0 Å². The predicted molar refractivity (Wildman–Crippen MR) is 59.5 cm³/mol. The number of hydrogen-bond donors (Lipinski definition) is 2. The van der Waals surface area contributed by atoms with Gasteiger partial charge in [0.2, 0.25) is 5.82 Å². The Kier molecular flexibility index (Phi) is 5.02. The van der Waals surface area contributed by atoms with Crippen molar-refractivity contribution in [2.75, 3.05) is 6.61 Å². The van der Waals surface area contributed by atoms with Gasteiger partial charge in [-0.3, -0.25) is 0 Å². The molecule has 0 bridgehead atoms. The Hall–Kier alpha value is -1.92. The molecule has 2 N–H and O–H groups in total. The van der Waals surface area contributed by atoms with Crippen LogP contribution in [0.25, 0.3) is 0 Å². The Labute approximate surface area is 107 Å². The summed E-state index contributed by atoms with van der Waals surface area (Å²) in [6.07, 6.45) is 2.15. The summed E-state index contributed by atoms with van der Waals surface area (Å²) in [6.45, 7) is 1.87. The highest BCUT2D eigenvalue weighted by Crippen LogP contribution is 2.36. The molecule has 0 amide bonds. The number of aromatic hydroxyl groups is 2. The lowest BCUT2D eigenvalue weighted by Gasteiger charge is -2.09. The van der Waals surface area contributed by atoms with E-state index < -0.39 is 40.5 Å². The van der Waals surface area contributed by atoms with Gasteiger partial charge < -0.3 is 14.9 Å². The maximum atomic E-state index is 13.3. The van der Waals surface area contributed by atoms with E-state index in [0.717, 1.165) is 12.8 Å². The highest BCUT2D eigenvalue weighted by atomic mass is 19.2. The Morgan fingerprint density at radius 3 is 2.26 bits per heavy atom. The van der Waals surface area contributed by atoms with Crippen LogP contribution >= 0.6 is 0 Å². The summed E-state index contributed by atoms with van der Waals surface area (Å²) >= 11 is 0. The van der Waals surface area contributed by atoms with E-state index in [1.54, 1.807) is 0 Å². The van der Waals surface area contributed by atoms with E-state index in [1.807, 2.05) is 6.92 Å². The first-order chi connectivity index (χ1) is 8.91. The molecule has 0 aromatic heterocycles. The minimum absolute atomic E-state index is 0.0503. The van der Waals surface area contributed by atoms with Crippen molar-refractivity contribution < 1.29 is 32.9 Å². The summed E-state index contributed by atoms with van der Waals surface area (Å²) in [4.78, 5) is 11.4. The first-order valence-corrected chi connectivity index (χ1v) is 5.67. The van der Waals surface area contributed by atoms with Crippen molar-refractivity contribution >= 4 is 5.97 Å². The topological polar surface area (TPSA) is 66.8 Å². The molecule has 0 fully saturated rings. The number of carbonyl (C=O) groups is 1. The van der Waals surface area contributed by atoms with Gasteiger partial charge in [-0.15, -0.1) is 0 Å². The van der Waals surface area contributed by atoms with Crippen LogP contribution in [0.3, 0.4) is 0 Å². The number of benzene rings is 1. The zero-order valence-corrected chi connectivity index (χ0v) is 10.2. The van der Waals surface area contributed by atoms with Gasteiger partial charge in [0.05, 0.1) is 6.61 Å². The lowest BCUT2D eigenvalue weighted by molar-refractivity contribution is 0.0486. The molecule has 19 heavy (non-hydrogen) atoms. The van der Waals surface area contributed by atoms with E-state index in [9.17, 15) is 23.1 Å². The molecule has 0 heterocycles. The van der Waals surface area contributed by atoms with Crippen molar-refractivity contribution in [2.45, 2.75) is 26.2 Å². The number of halogens is 3. The first-order valence-electron chi connectivity index (χ1n) is 5.67. The fraction of sp³-hybridized carbons (Fsp3) is 0.417. The lowest BCUT2D eigenvalue weighted by Crippen LogP contribution is -2.11. The molecule has 1 aromatic carbocycles. The van der Waals surface area contributed by atoms with E-state index in [1.165, 1.54) is 0 Å². The fourth-order valence-corrected chi connectivity index (χ4v) is 1.41. The standard InChI is InChI=1S/C12H13F3O4/c1-2-3-4-5-19-12(18)6-7(13)8(14)9(15)11(17)10(6)16/h16-17H,2-5H2,1H3. The second-order valence-corrected chi connectivity index (χ2v) is 3.86. The van der Waals surface area contributed by atoms with Gasteiger partial charge in [-0.05, 0) is 6.42 Å². The summed E-state index contributed by atoms with van der Waals surface area (Å²) < 4.78 is 43.8. The van der Waals surface area contributed by atoms with Crippen molar-refractivity contribution in [3.05, 3.63) is 23.0 Å². The Morgan fingerprint density at radius 2 is 1.68 bits per heavy atom. The van der Waals surface area contributed by atoms with Gasteiger partial charge >= 0.3 is 5.97 Å². The number of phenols is 2. The molecule has 0 aliphatic carbocycles. The summed E-state index contributed by atoms with van der Waals surface area (Å²) in [5.74, 6) is -10.2. The second-order valence-electron chi connectivity index (χ2n) is 3.86. The van der Waals surface area contributed by atoms with E-state index in [-0.39, 0.29) is 6.61 Å². The first kappa shape index (κ1) is 15.1. The molecule has 7 heteroatoms. The van der Waals surface area contributed by atoms with Crippen LogP contribution in [0.4, 0.5) is 13.2 Å². The Morgan fingerprint density at radius 1 is 1.05 bits per heavy atom. The third-order valence-electron chi connectivity index (χ3n) is 2.46. The normalized spacial score (nSPS) is 10.5. The third-order valence-corrected chi connectivity index (χ3v) is 2.46. The number of unbranched alkanes of at least 4 members (excludes halogenated alkanes) is 2. The summed E-state index contributed by atoms with van der Waals surface area (Å²) in [5, 5.41) is 18.3. The van der Waals surface area contributed by atoms with E-state index in [0.29, 0.717) is 6.42 Å². The zero-order valence-electron chi connectivity index (χ0n) is 10.2. The molecule has 1 rings (SSSR count). The molecule has 0 aliphatic heterocycles. The summed E-state index contributed by atoms with van der Waals surface area (Å²) in [7, 11) is 0. The molecule has 0 unspecified atom stereocenters. The molecular formula is C12H13F3O4. The molecule has 106 valence electrons. The molecule has 0 saturated heterocycles. The minimum atomic E-state index is -2.05. The molecule has 0 spiro atoms. The Bertz CT molecular complexity index is 459. The number of hydrogen-bond acceptors (Lipinski definition) is 4. The molecular weight excluding hydrogens is 265 g/mol. The van der Waals surface area contributed by atoms with Crippen molar-refractivity contribution in [1.82, 2.24) is 0 Å². The van der Waals surface area contributed by atoms with E-state index >= 15 is 0 Å². The van der Waals surface area contributed by atoms with Crippen LogP contribution in [-0.4, -0.2) is 22.8 Å². The van der Waals surface area contributed by atoms with E-state index in [2.05, 4.69) is 4.74 Å². The van der Waals surface area contributed by atoms with Gasteiger partial charge in [0, 0.05) is 0 Å². The molecule has 0 aliphatic rings. The van der Waals surface area contributed by atoms with Crippen LogP contribution in [-0.2, 0) is 4.74 Å². The van der Waals surface area contributed by atoms with Crippen LogP contribution in [0.15, 0.2) is 0 Å². The van der Waals surface area contributed by atoms with Gasteiger partial charge in [0.1, 0.15) is 5.56 Å². The predicted octanol–water partition coefficient (Wildman–Crippen LogP) is 2.86. The smallest absolute Gasteiger partial charge is 0.345 e. The van der Waals surface area contributed by atoms with Crippen molar-refractivity contribution in [2.24, 2.45) is 0 Å². The SMILES string of the molecule is CCCCCOC(=O)c1c(O)c(O)c(F)c(F)c1F. The number of esters is 1. The van der Waals surface area contributed by atoms with Crippen LogP contribution in [0, 0.1) is 17.5 Å². The number of ether oxygens (including phenoxy) is 1. The maximum Gasteiger partial charge on any atom is 0.345 e. The van der Waals surface area contributed by atoms with E-state index in [4.69, 9.17) is 5.11 Å². The number of phenolic OH excluding ortho intramolecular Hbond substituents is 2. The number of rotatable bonds is 5. The van der Waals surface area contributed by atoms with Crippen molar-refractivity contribution in [3.63, 3.8) is 0 Å². The van der Waals surface area contributed by atoms with Crippen LogP contribution in [0.1, 0.15) is 36.5 Å². The van der Waals surface area contributed by atoms with Crippen molar-refractivity contribution in [3.8, 4) is 11.5 Å².